The Bertz CT molecular complexity index is 1170. The molecule has 1 heterocycles. The normalized spacial score (nSPS) is 14.4. The van der Waals surface area contributed by atoms with Crippen LogP contribution in [0.4, 0.5) is 0 Å². The molecule has 0 atom stereocenters. The van der Waals surface area contributed by atoms with Crippen LogP contribution in [0.1, 0.15) is 16.7 Å². The lowest BCUT2D eigenvalue weighted by molar-refractivity contribution is -0.129. The minimum absolute atomic E-state index is 0.227. The Labute approximate surface area is 198 Å². The van der Waals surface area contributed by atoms with Crippen molar-refractivity contribution >= 4 is 52.1 Å². The molecule has 1 aliphatic rings. The highest BCUT2D eigenvalue weighted by Crippen LogP contribution is 2.30. The van der Waals surface area contributed by atoms with Gasteiger partial charge in [0, 0.05) is 14.2 Å². The van der Waals surface area contributed by atoms with Crippen LogP contribution in [-0.4, -0.2) is 19.0 Å². The summed E-state index contributed by atoms with van der Waals surface area (Å²) in [5.74, 6) is 0.950. The van der Waals surface area contributed by atoms with E-state index in [1.807, 2.05) is 54.6 Å². The number of benzene rings is 3. The van der Waals surface area contributed by atoms with Gasteiger partial charge in [0.15, 0.2) is 17.2 Å². The molecule has 0 saturated heterocycles. The zero-order valence-corrected chi connectivity index (χ0v) is 19.4. The molecule has 31 heavy (non-hydrogen) atoms. The summed E-state index contributed by atoms with van der Waals surface area (Å²) in [6.45, 7) is 0.379. The minimum atomic E-state index is -0.490. The lowest BCUT2D eigenvalue weighted by Gasteiger charge is -2.11. The number of aliphatic imine (C=N–C) groups is 1. The number of carbonyl (C=O) groups is 1. The van der Waals surface area contributed by atoms with E-state index in [1.165, 1.54) is 0 Å². The van der Waals surface area contributed by atoms with Gasteiger partial charge in [0.1, 0.15) is 6.61 Å². The van der Waals surface area contributed by atoms with Crippen LogP contribution in [0.15, 0.2) is 77.4 Å². The fraction of sp³-hybridized carbons (Fsp3) is 0.0833. The van der Waals surface area contributed by atoms with Gasteiger partial charge in [-0.1, -0.05) is 29.8 Å². The molecular formula is C24H17ClINO4. The molecule has 1 aliphatic heterocycles. The van der Waals surface area contributed by atoms with Gasteiger partial charge in [0.05, 0.1) is 7.11 Å². The van der Waals surface area contributed by atoms with Gasteiger partial charge in [-0.2, -0.15) is 0 Å². The Morgan fingerprint density at radius 1 is 1.03 bits per heavy atom. The number of ether oxygens (including phenoxy) is 3. The van der Waals surface area contributed by atoms with E-state index in [0.29, 0.717) is 29.0 Å². The van der Waals surface area contributed by atoms with E-state index in [4.69, 9.17) is 25.8 Å². The highest BCUT2D eigenvalue weighted by Gasteiger charge is 2.24. The van der Waals surface area contributed by atoms with Gasteiger partial charge < -0.3 is 14.2 Å². The lowest BCUT2D eigenvalue weighted by atomic mass is 10.1. The zero-order chi connectivity index (χ0) is 21.8. The molecule has 0 bridgehead atoms. The van der Waals surface area contributed by atoms with Crippen LogP contribution in [0.2, 0.25) is 5.02 Å². The quantitative estimate of drug-likeness (QED) is 0.221. The van der Waals surface area contributed by atoms with E-state index < -0.39 is 5.97 Å². The summed E-state index contributed by atoms with van der Waals surface area (Å²) < 4.78 is 17.7. The predicted molar refractivity (Wildman–Crippen MR) is 129 cm³/mol. The molecule has 0 spiro atoms. The number of rotatable bonds is 6. The molecule has 0 radical (unpaired) electrons. The number of methoxy groups -OCH3 is 1. The Kier molecular flexibility index (Phi) is 6.58. The van der Waals surface area contributed by atoms with Crippen molar-refractivity contribution in [2.24, 2.45) is 4.99 Å². The smallest absolute Gasteiger partial charge is 0.363 e. The van der Waals surface area contributed by atoms with E-state index in [0.717, 1.165) is 20.3 Å². The first kappa shape index (κ1) is 21.4. The average molecular weight is 546 g/mol. The molecule has 0 fully saturated rings. The minimum Gasteiger partial charge on any atom is -0.493 e. The van der Waals surface area contributed by atoms with Gasteiger partial charge >= 0.3 is 5.97 Å². The van der Waals surface area contributed by atoms with E-state index in [9.17, 15) is 4.79 Å². The number of hydrogen-bond donors (Lipinski definition) is 0. The third-order valence-corrected chi connectivity index (χ3v) is 5.48. The Balaban J connectivity index is 1.52. The fourth-order valence-electron chi connectivity index (χ4n) is 2.92. The fourth-order valence-corrected chi connectivity index (χ4v) is 3.40. The maximum Gasteiger partial charge on any atom is 0.363 e. The van der Waals surface area contributed by atoms with Gasteiger partial charge in [-0.25, -0.2) is 9.79 Å². The molecule has 0 amide bonds. The zero-order valence-electron chi connectivity index (χ0n) is 16.5. The molecule has 0 unspecified atom stereocenters. The molecule has 0 aliphatic carbocycles. The summed E-state index contributed by atoms with van der Waals surface area (Å²) in [4.78, 5) is 16.6. The molecule has 4 rings (SSSR count). The maximum atomic E-state index is 12.3. The summed E-state index contributed by atoms with van der Waals surface area (Å²) in [5.41, 5.74) is 2.71. The van der Waals surface area contributed by atoms with Crippen molar-refractivity contribution in [3.63, 3.8) is 0 Å². The van der Waals surface area contributed by atoms with E-state index in [2.05, 4.69) is 27.6 Å². The first-order chi connectivity index (χ1) is 15.0. The number of carbonyl (C=O) groups excluding carboxylic acids is 1. The predicted octanol–water partition coefficient (Wildman–Crippen LogP) is 5.88. The Hall–Kier alpha value is -2.84. The number of esters is 1. The van der Waals surface area contributed by atoms with Gasteiger partial charge in [0.2, 0.25) is 5.90 Å². The molecule has 3 aromatic carbocycles. The third-order valence-electron chi connectivity index (χ3n) is 4.51. The highest BCUT2D eigenvalue weighted by atomic mass is 127. The topological polar surface area (TPSA) is 57.1 Å². The summed E-state index contributed by atoms with van der Waals surface area (Å²) in [6, 6.07) is 20.5. The number of hydrogen-bond acceptors (Lipinski definition) is 5. The first-order valence-corrected chi connectivity index (χ1v) is 10.8. The number of nitrogens with zero attached hydrogens (tertiary/aromatic N) is 1. The van der Waals surface area contributed by atoms with Crippen molar-refractivity contribution in [1.29, 1.82) is 0 Å². The van der Waals surface area contributed by atoms with Crippen molar-refractivity contribution in [3.8, 4) is 11.5 Å². The standard InChI is InChI=1S/C24H17ClINO4/c1-29-22-13-16(4-11-21(22)30-14-15-2-7-18(25)8-3-15)12-20-24(28)31-23(27-20)17-5-9-19(26)10-6-17/h2-13H,14H2,1H3/b20-12-. The molecule has 5 nitrogen and oxygen atoms in total. The van der Waals surface area contributed by atoms with Gasteiger partial charge in [0.25, 0.3) is 0 Å². The number of cyclic esters (lactones) is 1. The first-order valence-electron chi connectivity index (χ1n) is 9.35. The second kappa shape index (κ2) is 9.53. The van der Waals surface area contributed by atoms with E-state index in [1.54, 1.807) is 25.3 Å². The van der Waals surface area contributed by atoms with E-state index >= 15 is 0 Å². The Morgan fingerprint density at radius 3 is 2.48 bits per heavy atom. The molecule has 3 aromatic rings. The summed E-state index contributed by atoms with van der Waals surface area (Å²) in [6.07, 6.45) is 1.66. The van der Waals surface area contributed by atoms with Crippen molar-refractivity contribution in [1.82, 2.24) is 0 Å². The summed E-state index contributed by atoms with van der Waals surface area (Å²) in [5, 5.41) is 0.678. The molecule has 0 aromatic heterocycles. The second-order valence-corrected chi connectivity index (χ2v) is 8.35. The average Bonchev–Trinajstić information content (AvgIpc) is 3.14. The number of halogens is 2. The van der Waals surface area contributed by atoms with Crippen LogP contribution in [0.5, 0.6) is 11.5 Å². The van der Waals surface area contributed by atoms with Gasteiger partial charge in [-0.3, -0.25) is 0 Å². The summed E-state index contributed by atoms with van der Waals surface area (Å²) >= 11 is 8.13. The highest BCUT2D eigenvalue weighted by molar-refractivity contribution is 14.1. The van der Waals surface area contributed by atoms with Crippen LogP contribution in [0.3, 0.4) is 0 Å². The second-order valence-electron chi connectivity index (χ2n) is 6.67. The van der Waals surface area contributed by atoms with Crippen molar-refractivity contribution in [2.45, 2.75) is 6.61 Å². The molecule has 7 heteroatoms. The van der Waals surface area contributed by atoms with Crippen LogP contribution >= 0.6 is 34.2 Å². The maximum absolute atomic E-state index is 12.3. The van der Waals surface area contributed by atoms with Crippen LogP contribution in [0.25, 0.3) is 6.08 Å². The third kappa shape index (κ3) is 5.26. The molecule has 0 saturated carbocycles. The van der Waals surface area contributed by atoms with Gasteiger partial charge in [-0.15, -0.1) is 0 Å². The summed E-state index contributed by atoms with van der Waals surface area (Å²) in [7, 11) is 1.57. The monoisotopic (exact) mass is 545 g/mol. The Morgan fingerprint density at radius 2 is 1.77 bits per heavy atom. The van der Waals surface area contributed by atoms with Crippen molar-refractivity contribution in [2.75, 3.05) is 7.11 Å². The SMILES string of the molecule is COc1cc(/C=C2\N=C(c3ccc(I)cc3)OC2=O)ccc1OCc1ccc(Cl)cc1. The van der Waals surface area contributed by atoms with Crippen LogP contribution < -0.4 is 9.47 Å². The van der Waals surface area contributed by atoms with E-state index in [-0.39, 0.29) is 5.70 Å². The molecule has 0 N–H and O–H groups in total. The lowest BCUT2D eigenvalue weighted by Crippen LogP contribution is -2.05. The molecular weight excluding hydrogens is 529 g/mol. The van der Waals surface area contributed by atoms with Crippen LogP contribution in [0, 0.1) is 3.57 Å². The largest absolute Gasteiger partial charge is 0.493 e. The molecule has 156 valence electrons. The van der Waals surface area contributed by atoms with Gasteiger partial charge in [-0.05, 0) is 88.3 Å². The van der Waals surface area contributed by atoms with Crippen molar-refractivity contribution < 1.29 is 19.0 Å². The van der Waals surface area contributed by atoms with Crippen molar-refractivity contribution in [3.05, 3.63) is 97.7 Å². The van der Waals surface area contributed by atoms with Crippen LogP contribution in [-0.2, 0) is 16.1 Å².